The molecular weight excluding hydrogens is 260 g/mol. The van der Waals surface area contributed by atoms with Gasteiger partial charge in [-0.2, -0.15) is 11.8 Å². The number of benzene rings is 1. The number of nitrogens with one attached hydrogen (secondary N) is 1. The molecular formula is C14H20N2O2S. The summed E-state index contributed by atoms with van der Waals surface area (Å²) in [7, 11) is 0. The third-order valence-electron chi connectivity index (χ3n) is 3.41. The Kier molecular flexibility index (Phi) is 5.07. The number of rotatable bonds is 6. The van der Waals surface area contributed by atoms with Crippen molar-refractivity contribution < 1.29 is 4.92 Å². The fourth-order valence-corrected chi connectivity index (χ4v) is 3.70. The number of hydrogen-bond acceptors (Lipinski definition) is 4. The maximum atomic E-state index is 11.1. The van der Waals surface area contributed by atoms with Crippen LogP contribution in [0.3, 0.4) is 0 Å². The van der Waals surface area contributed by atoms with Crippen LogP contribution in [0.5, 0.6) is 0 Å². The molecule has 19 heavy (non-hydrogen) atoms. The Morgan fingerprint density at radius 1 is 1.42 bits per heavy atom. The van der Waals surface area contributed by atoms with Gasteiger partial charge >= 0.3 is 0 Å². The van der Waals surface area contributed by atoms with E-state index >= 15 is 0 Å². The van der Waals surface area contributed by atoms with Crippen LogP contribution in [0.25, 0.3) is 0 Å². The molecule has 1 fully saturated rings. The van der Waals surface area contributed by atoms with E-state index in [1.165, 1.54) is 25.7 Å². The van der Waals surface area contributed by atoms with Crippen LogP contribution in [-0.2, 0) is 5.75 Å². The minimum Gasteiger partial charge on any atom is -0.380 e. The minimum atomic E-state index is -0.304. The molecule has 5 heteroatoms. The normalized spacial score (nSPS) is 15.6. The number of hydrogen-bond donors (Lipinski definition) is 1. The molecule has 1 aliphatic rings. The Balaban J connectivity index is 2.04. The zero-order valence-electron chi connectivity index (χ0n) is 11.2. The number of thioether (sulfide) groups is 1. The van der Waals surface area contributed by atoms with Crippen LogP contribution in [0, 0.1) is 10.1 Å². The van der Waals surface area contributed by atoms with Crippen LogP contribution in [0.15, 0.2) is 18.2 Å². The van der Waals surface area contributed by atoms with E-state index in [-0.39, 0.29) is 10.6 Å². The van der Waals surface area contributed by atoms with Crippen LogP contribution < -0.4 is 5.32 Å². The zero-order chi connectivity index (χ0) is 13.7. The molecule has 1 aliphatic carbocycles. The second kappa shape index (κ2) is 6.80. The van der Waals surface area contributed by atoms with E-state index in [1.807, 2.05) is 30.8 Å². The van der Waals surface area contributed by atoms with Crippen molar-refractivity contribution in [3.63, 3.8) is 0 Å². The molecule has 0 bridgehead atoms. The third-order valence-corrected chi connectivity index (χ3v) is 4.86. The van der Waals surface area contributed by atoms with E-state index in [0.717, 1.165) is 16.6 Å². The first-order chi connectivity index (χ1) is 9.20. The molecule has 0 heterocycles. The first-order valence-electron chi connectivity index (χ1n) is 6.83. The highest BCUT2D eigenvalue weighted by Crippen LogP contribution is 2.33. The van der Waals surface area contributed by atoms with Crippen molar-refractivity contribution in [1.29, 1.82) is 0 Å². The summed E-state index contributed by atoms with van der Waals surface area (Å²) in [6.07, 6.45) is 5.25. The van der Waals surface area contributed by atoms with Crippen molar-refractivity contribution in [3.8, 4) is 0 Å². The predicted molar refractivity (Wildman–Crippen MR) is 80.8 cm³/mol. The highest BCUT2D eigenvalue weighted by Gasteiger charge is 2.17. The van der Waals surface area contributed by atoms with E-state index in [2.05, 4.69) is 5.32 Å². The molecule has 1 aromatic carbocycles. The monoisotopic (exact) mass is 280 g/mol. The smallest absolute Gasteiger partial charge is 0.292 e. The lowest BCUT2D eigenvalue weighted by Crippen LogP contribution is -2.02. The van der Waals surface area contributed by atoms with E-state index in [0.29, 0.717) is 12.2 Å². The molecule has 0 saturated heterocycles. The average molecular weight is 280 g/mol. The minimum absolute atomic E-state index is 0.186. The average Bonchev–Trinajstić information content (AvgIpc) is 2.91. The molecule has 4 nitrogen and oxygen atoms in total. The molecule has 0 amide bonds. The van der Waals surface area contributed by atoms with Crippen LogP contribution in [0.4, 0.5) is 11.4 Å². The number of anilines is 1. The van der Waals surface area contributed by atoms with E-state index in [9.17, 15) is 10.1 Å². The second-order valence-electron chi connectivity index (χ2n) is 4.86. The molecule has 0 aromatic heterocycles. The van der Waals surface area contributed by atoms with Gasteiger partial charge in [-0.1, -0.05) is 18.9 Å². The van der Waals surface area contributed by atoms with Gasteiger partial charge in [-0.15, -0.1) is 0 Å². The van der Waals surface area contributed by atoms with Crippen molar-refractivity contribution in [2.75, 3.05) is 11.9 Å². The van der Waals surface area contributed by atoms with Crippen molar-refractivity contribution >= 4 is 23.1 Å². The first kappa shape index (κ1) is 14.2. The summed E-state index contributed by atoms with van der Waals surface area (Å²) in [6, 6.07) is 5.53. The highest BCUT2D eigenvalue weighted by molar-refractivity contribution is 7.99. The fraction of sp³-hybridized carbons (Fsp3) is 0.571. The molecule has 104 valence electrons. The molecule has 0 spiro atoms. The number of nitrogens with zero attached hydrogens (tertiary/aromatic N) is 1. The highest BCUT2D eigenvalue weighted by atomic mass is 32.2. The van der Waals surface area contributed by atoms with Crippen LogP contribution >= 0.6 is 11.8 Å². The summed E-state index contributed by atoms with van der Waals surface area (Å²) in [6.45, 7) is 2.63. The fourth-order valence-electron chi connectivity index (χ4n) is 2.43. The van der Waals surface area contributed by atoms with Gasteiger partial charge in [-0.05, 0) is 31.4 Å². The van der Waals surface area contributed by atoms with Gasteiger partial charge in [-0.3, -0.25) is 10.1 Å². The van der Waals surface area contributed by atoms with E-state index in [4.69, 9.17) is 0 Å². The Morgan fingerprint density at radius 2 is 2.16 bits per heavy atom. The Hall–Kier alpha value is -1.23. The molecule has 1 N–H and O–H groups in total. The Bertz CT molecular complexity index is 445. The summed E-state index contributed by atoms with van der Waals surface area (Å²) < 4.78 is 0. The van der Waals surface area contributed by atoms with Crippen molar-refractivity contribution in [3.05, 3.63) is 33.9 Å². The largest absolute Gasteiger partial charge is 0.380 e. The Labute approximate surface area is 118 Å². The lowest BCUT2D eigenvalue weighted by atomic mass is 10.2. The zero-order valence-corrected chi connectivity index (χ0v) is 12.0. The lowest BCUT2D eigenvalue weighted by Gasteiger charge is -2.10. The molecule has 0 radical (unpaired) electrons. The van der Waals surface area contributed by atoms with Gasteiger partial charge in [0.15, 0.2) is 0 Å². The predicted octanol–water partition coefficient (Wildman–Crippen LogP) is 4.20. The molecule has 0 atom stereocenters. The van der Waals surface area contributed by atoms with Crippen molar-refractivity contribution in [2.45, 2.75) is 43.6 Å². The van der Waals surface area contributed by atoms with Gasteiger partial charge in [0.2, 0.25) is 0 Å². The standard InChI is InChI=1S/C14H20N2O2S/c1-2-15-13-8-7-11(9-14(13)16(17)18)10-19-12-5-3-4-6-12/h7-9,12,15H,2-6,10H2,1H3. The molecule has 0 aliphatic heterocycles. The molecule has 0 unspecified atom stereocenters. The van der Waals surface area contributed by atoms with Crippen molar-refractivity contribution in [1.82, 2.24) is 0 Å². The Morgan fingerprint density at radius 3 is 2.79 bits per heavy atom. The maximum absolute atomic E-state index is 11.1. The quantitative estimate of drug-likeness (QED) is 0.626. The van der Waals surface area contributed by atoms with Gasteiger partial charge in [0.25, 0.3) is 5.69 Å². The molecule has 1 aromatic rings. The molecule has 2 rings (SSSR count). The SMILES string of the molecule is CCNc1ccc(CSC2CCCC2)cc1[N+](=O)[O-]. The van der Waals surface area contributed by atoms with Crippen LogP contribution in [0.1, 0.15) is 38.2 Å². The number of nitro groups is 1. The summed E-state index contributed by atoms with van der Waals surface area (Å²) in [5.41, 5.74) is 1.85. The van der Waals surface area contributed by atoms with Crippen molar-refractivity contribution in [2.24, 2.45) is 0 Å². The van der Waals surface area contributed by atoms with Gasteiger partial charge in [-0.25, -0.2) is 0 Å². The maximum Gasteiger partial charge on any atom is 0.292 e. The van der Waals surface area contributed by atoms with Gasteiger partial charge in [0, 0.05) is 23.6 Å². The van der Waals surface area contributed by atoms with E-state index in [1.54, 1.807) is 6.07 Å². The molecule has 1 saturated carbocycles. The summed E-state index contributed by atoms with van der Waals surface area (Å²) in [5.74, 6) is 0.873. The summed E-state index contributed by atoms with van der Waals surface area (Å²) in [4.78, 5) is 10.8. The van der Waals surface area contributed by atoms with Gasteiger partial charge in [0.1, 0.15) is 5.69 Å². The second-order valence-corrected chi connectivity index (χ2v) is 6.15. The number of nitro benzene ring substituents is 1. The third kappa shape index (κ3) is 3.86. The lowest BCUT2D eigenvalue weighted by molar-refractivity contribution is -0.384. The summed E-state index contributed by atoms with van der Waals surface area (Å²) >= 11 is 1.93. The van der Waals surface area contributed by atoms with Gasteiger partial charge < -0.3 is 5.32 Å². The first-order valence-corrected chi connectivity index (χ1v) is 7.88. The summed E-state index contributed by atoms with van der Waals surface area (Å²) in [5, 5.41) is 14.8. The van der Waals surface area contributed by atoms with Crippen LogP contribution in [0.2, 0.25) is 0 Å². The van der Waals surface area contributed by atoms with Crippen LogP contribution in [-0.4, -0.2) is 16.7 Å². The van der Waals surface area contributed by atoms with Gasteiger partial charge in [0.05, 0.1) is 4.92 Å². The topological polar surface area (TPSA) is 55.2 Å². The van der Waals surface area contributed by atoms with E-state index < -0.39 is 0 Å².